The van der Waals surface area contributed by atoms with E-state index in [0.717, 1.165) is 24.8 Å². The first-order valence-corrected chi connectivity index (χ1v) is 16.6. The van der Waals surface area contributed by atoms with Gasteiger partial charge in [-0.25, -0.2) is 0 Å². The zero-order valence-corrected chi connectivity index (χ0v) is 26.8. The monoisotopic (exact) mass is 649 g/mol. The second kappa shape index (κ2) is 14.7. The molecule has 1 amide bonds. The van der Waals surface area contributed by atoms with Gasteiger partial charge in [0, 0.05) is 16.3 Å². The lowest BCUT2D eigenvalue weighted by Crippen LogP contribution is -2.29. The normalized spacial score (nSPS) is 16.0. The van der Waals surface area contributed by atoms with Crippen molar-refractivity contribution in [1.29, 1.82) is 0 Å². The molecule has 5 rings (SSSR count). The number of aliphatic hydroxyl groups is 1. The van der Waals surface area contributed by atoms with Crippen molar-refractivity contribution in [2.24, 2.45) is 0 Å². The van der Waals surface area contributed by atoms with Crippen molar-refractivity contribution in [3.8, 4) is 11.5 Å². The van der Waals surface area contributed by atoms with Crippen LogP contribution in [-0.4, -0.2) is 40.2 Å². The molecular formula is C33H32ClN3O5S2. The summed E-state index contributed by atoms with van der Waals surface area (Å²) in [6, 6.07) is 20.6. The second-order valence-corrected chi connectivity index (χ2v) is 12.6. The molecule has 1 N–H and O–H groups in total. The number of amides is 1. The van der Waals surface area contributed by atoms with E-state index >= 15 is 0 Å². The highest BCUT2D eigenvalue weighted by molar-refractivity contribution is 8.00. The Balaban J connectivity index is 1.50. The fourth-order valence-corrected chi connectivity index (χ4v) is 6.78. The van der Waals surface area contributed by atoms with E-state index in [9.17, 15) is 14.7 Å². The number of unbranched alkanes of at least 4 members (excludes halogenated alkanes) is 1. The molecule has 8 nitrogen and oxygen atoms in total. The van der Waals surface area contributed by atoms with Gasteiger partial charge in [-0.3, -0.25) is 14.5 Å². The maximum absolute atomic E-state index is 13.6. The van der Waals surface area contributed by atoms with Crippen LogP contribution in [0.15, 0.2) is 82.7 Å². The van der Waals surface area contributed by atoms with Gasteiger partial charge in [-0.05, 0) is 66.4 Å². The Hall–Kier alpha value is -3.86. The Morgan fingerprint density at radius 3 is 2.30 bits per heavy atom. The van der Waals surface area contributed by atoms with Gasteiger partial charge in [0.25, 0.3) is 5.78 Å². The number of rotatable bonds is 13. The van der Waals surface area contributed by atoms with E-state index in [1.807, 2.05) is 31.2 Å². The SMILES string of the molecule is CCCCOc1ccc(C2/C(=C(/O)c3ccc(OCCC)cc3)C(=O)C(=O)N2c2nnc(SCc3ccccc3Cl)s2)cc1. The molecule has 3 aromatic carbocycles. The number of halogens is 1. The zero-order valence-electron chi connectivity index (χ0n) is 24.4. The summed E-state index contributed by atoms with van der Waals surface area (Å²) in [6.07, 6.45) is 2.80. The number of anilines is 1. The third-order valence-electron chi connectivity index (χ3n) is 6.92. The van der Waals surface area contributed by atoms with Crippen LogP contribution in [0.3, 0.4) is 0 Å². The number of thioether (sulfide) groups is 1. The van der Waals surface area contributed by atoms with E-state index in [1.54, 1.807) is 48.5 Å². The average Bonchev–Trinajstić information content (AvgIpc) is 3.61. The highest BCUT2D eigenvalue weighted by Crippen LogP contribution is 2.44. The van der Waals surface area contributed by atoms with Gasteiger partial charge in [0.15, 0.2) is 4.34 Å². The largest absolute Gasteiger partial charge is 0.507 e. The highest BCUT2D eigenvalue weighted by atomic mass is 35.5. The number of ketones is 1. The van der Waals surface area contributed by atoms with Crippen LogP contribution in [0.5, 0.6) is 11.5 Å². The maximum atomic E-state index is 13.6. The average molecular weight is 650 g/mol. The van der Waals surface area contributed by atoms with E-state index in [1.165, 1.54) is 28.0 Å². The molecule has 1 atom stereocenters. The first kappa shape index (κ1) is 31.6. The third-order valence-corrected chi connectivity index (χ3v) is 9.39. The Labute approximate surface area is 269 Å². The summed E-state index contributed by atoms with van der Waals surface area (Å²) in [6.45, 7) is 5.26. The van der Waals surface area contributed by atoms with Crippen molar-refractivity contribution >= 4 is 57.3 Å². The molecule has 1 saturated heterocycles. The Morgan fingerprint density at radius 1 is 0.932 bits per heavy atom. The van der Waals surface area contributed by atoms with Gasteiger partial charge in [0.2, 0.25) is 5.13 Å². The number of ether oxygens (including phenoxy) is 2. The van der Waals surface area contributed by atoms with E-state index in [0.29, 0.717) is 51.0 Å². The van der Waals surface area contributed by atoms with Gasteiger partial charge in [0.05, 0.1) is 24.8 Å². The van der Waals surface area contributed by atoms with Crippen molar-refractivity contribution in [3.63, 3.8) is 0 Å². The van der Waals surface area contributed by atoms with Gasteiger partial charge in [-0.15, -0.1) is 10.2 Å². The second-order valence-electron chi connectivity index (χ2n) is 10.0. The lowest BCUT2D eigenvalue weighted by atomic mass is 9.95. The van der Waals surface area contributed by atoms with Gasteiger partial charge in [-0.2, -0.15) is 0 Å². The third kappa shape index (κ3) is 7.09. The number of hydrogen-bond acceptors (Lipinski definition) is 9. The fourth-order valence-electron chi connectivity index (χ4n) is 4.62. The van der Waals surface area contributed by atoms with E-state index in [-0.39, 0.29) is 16.5 Å². The minimum Gasteiger partial charge on any atom is -0.507 e. The van der Waals surface area contributed by atoms with Crippen molar-refractivity contribution in [1.82, 2.24) is 10.2 Å². The molecule has 1 fully saturated rings. The minimum absolute atomic E-state index is 0.0302. The number of carbonyl (C=O) groups is 2. The molecule has 0 aliphatic carbocycles. The molecule has 1 unspecified atom stereocenters. The lowest BCUT2D eigenvalue weighted by Gasteiger charge is -2.22. The van der Waals surface area contributed by atoms with Crippen LogP contribution in [0, 0.1) is 0 Å². The van der Waals surface area contributed by atoms with E-state index < -0.39 is 17.7 Å². The molecule has 1 aromatic heterocycles. The molecule has 4 aromatic rings. The predicted molar refractivity (Wildman–Crippen MR) is 175 cm³/mol. The quantitative estimate of drug-likeness (QED) is 0.0387. The number of nitrogens with zero attached hydrogens (tertiary/aromatic N) is 3. The molecule has 0 spiro atoms. The van der Waals surface area contributed by atoms with Gasteiger partial charge in [-0.1, -0.05) is 85.3 Å². The predicted octanol–water partition coefficient (Wildman–Crippen LogP) is 8.08. The first-order chi connectivity index (χ1) is 21.4. The van der Waals surface area contributed by atoms with Crippen molar-refractivity contribution < 1.29 is 24.2 Å². The number of Topliss-reactive ketones (excluding diaryl/α,β-unsaturated/α-hetero) is 1. The molecule has 0 saturated carbocycles. The molecule has 44 heavy (non-hydrogen) atoms. The topological polar surface area (TPSA) is 102 Å². The summed E-state index contributed by atoms with van der Waals surface area (Å²) in [4.78, 5) is 28.5. The maximum Gasteiger partial charge on any atom is 0.301 e. The molecule has 0 radical (unpaired) electrons. The summed E-state index contributed by atoms with van der Waals surface area (Å²) in [5.41, 5.74) is 1.93. The zero-order chi connectivity index (χ0) is 31.1. The molecule has 0 bridgehead atoms. The Morgan fingerprint density at radius 2 is 1.61 bits per heavy atom. The van der Waals surface area contributed by atoms with Gasteiger partial charge in [0.1, 0.15) is 17.3 Å². The number of benzene rings is 3. The molecular weight excluding hydrogens is 618 g/mol. The Kier molecular flexibility index (Phi) is 10.6. The molecule has 228 valence electrons. The molecule has 1 aliphatic heterocycles. The van der Waals surface area contributed by atoms with E-state index in [2.05, 4.69) is 17.1 Å². The lowest BCUT2D eigenvalue weighted by molar-refractivity contribution is -0.132. The molecule has 11 heteroatoms. The van der Waals surface area contributed by atoms with E-state index in [4.69, 9.17) is 21.1 Å². The van der Waals surface area contributed by atoms with Crippen LogP contribution in [0.1, 0.15) is 55.8 Å². The smallest absolute Gasteiger partial charge is 0.301 e. The summed E-state index contributed by atoms with van der Waals surface area (Å²) in [5, 5.41) is 21.0. The first-order valence-electron chi connectivity index (χ1n) is 14.4. The van der Waals surface area contributed by atoms with Crippen LogP contribution in [0.25, 0.3) is 5.76 Å². The van der Waals surface area contributed by atoms with Crippen LogP contribution in [0.4, 0.5) is 5.13 Å². The van der Waals surface area contributed by atoms with Crippen molar-refractivity contribution in [2.75, 3.05) is 18.1 Å². The van der Waals surface area contributed by atoms with Crippen molar-refractivity contribution in [3.05, 3.63) is 100 Å². The fraction of sp³-hybridized carbons (Fsp3) is 0.273. The molecule has 2 heterocycles. The number of hydrogen-bond donors (Lipinski definition) is 1. The summed E-state index contributed by atoms with van der Waals surface area (Å²) >= 11 is 8.95. The summed E-state index contributed by atoms with van der Waals surface area (Å²) < 4.78 is 12.1. The highest BCUT2D eigenvalue weighted by Gasteiger charge is 2.48. The summed E-state index contributed by atoms with van der Waals surface area (Å²) in [7, 11) is 0. The van der Waals surface area contributed by atoms with Crippen LogP contribution < -0.4 is 14.4 Å². The van der Waals surface area contributed by atoms with Crippen molar-refractivity contribution in [2.45, 2.75) is 49.2 Å². The minimum atomic E-state index is -0.926. The number of carbonyl (C=O) groups excluding carboxylic acids is 2. The molecule has 1 aliphatic rings. The van der Waals surface area contributed by atoms with Crippen LogP contribution >= 0.6 is 34.7 Å². The van der Waals surface area contributed by atoms with Gasteiger partial charge >= 0.3 is 5.91 Å². The van der Waals surface area contributed by atoms with Crippen LogP contribution in [0.2, 0.25) is 5.02 Å². The number of aliphatic hydroxyl groups excluding tert-OH is 1. The standard InChI is InChI=1S/C33H32ClN3O5S2/c1-3-5-19-42-25-14-10-21(11-15-25)28-27(29(38)22-12-16-24(17-13-22)41-18-4-2)30(39)31(40)37(28)32-35-36-33(44-32)43-20-23-8-6-7-9-26(23)34/h6-17,28,38H,3-5,18-20H2,1-2H3/b29-27-. The van der Waals surface area contributed by atoms with Gasteiger partial charge < -0.3 is 14.6 Å². The Bertz CT molecular complexity index is 1640. The summed E-state index contributed by atoms with van der Waals surface area (Å²) in [5.74, 6) is 0.0161. The number of aromatic nitrogens is 2. The van der Waals surface area contributed by atoms with Crippen LogP contribution in [-0.2, 0) is 15.3 Å².